The molecule has 208 valence electrons. The predicted molar refractivity (Wildman–Crippen MR) is 146 cm³/mol. The molecule has 5 aliphatic carbocycles. The van der Waals surface area contributed by atoms with Gasteiger partial charge in [-0.15, -0.1) is 0 Å². The highest BCUT2D eigenvalue weighted by atomic mass is 16.6. The fraction of sp³-hybridized carbons (Fsp3) is 0.879. The molecule has 5 saturated carbocycles. The van der Waals surface area contributed by atoms with Gasteiger partial charge in [0.2, 0.25) is 0 Å². The van der Waals surface area contributed by atoms with E-state index in [9.17, 15) is 14.7 Å². The van der Waals surface area contributed by atoms with Crippen molar-refractivity contribution in [2.45, 2.75) is 119 Å². The van der Waals surface area contributed by atoms with Crippen LogP contribution in [0.4, 0.5) is 0 Å². The topological polar surface area (TPSA) is 63.6 Å². The van der Waals surface area contributed by atoms with E-state index in [1.165, 1.54) is 25.7 Å². The molecule has 0 aliphatic heterocycles. The molecule has 5 fully saturated rings. The lowest BCUT2D eigenvalue weighted by Crippen LogP contribution is -2.67. The van der Waals surface area contributed by atoms with Crippen molar-refractivity contribution in [3.63, 3.8) is 0 Å². The average Bonchev–Trinajstić information content (AvgIpc) is 3.23. The van der Waals surface area contributed by atoms with Crippen molar-refractivity contribution < 1.29 is 19.4 Å². The molecule has 0 aromatic rings. The van der Waals surface area contributed by atoms with Gasteiger partial charge in [-0.05, 0) is 121 Å². The molecular formula is C33H52O4. The van der Waals surface area contributed by atoms with E-state index in [2.05, 4.69) is 55.0 Å². The van der Waals surface area contributed by atoms with Gasteiger partial charge in [-0.1, -0.05) is 55.0 Å². The average molecular weight is 513 g/mol. The first-order chi connectivity index (χ1) is 17.2. The van der Waals surface area contributed by atoms with Crippen LogP contribution in [0.2, 0.25) is 0 Å². The van der Waals surface area contributed by atoms with Gasteiger partial charge >= 0.3 is 11.9 Å². The summed E-state index contributed by atoms with van der Waals surface area (Å²) in [6.07, 6.45) is 11.5. The van der Waals surface area contributed by atoms with Crippen molar-refractivity contribution in [1.29, 1.82) is 0 Å². The Balaban J connectivity index is 1.54. The molecule has 4 heteroatoms. The highest BCUT2D eigenvalue weighted by Gasteiger charge is 2.72. The van der Waals surface area contributed by atoms with E-state index in [-0.39, 0.29) is 39.7 Å². The van der Waals surface area contributed by atoms with Crippen LogP contribution in [0.3, 0.4) is 0 Å². The standard InChI is InChI=1S/C33H52O4/c1-9-26(35)37-28(36)33-17-12-21(20(2)3)27(33)22-10-11-24-30(6)15-14-25(34)29(4,5)23(30)13-16-32(24,8)31(22,7)18-19-33/h9,20-25,27,34H,1,10-19H2,2-8H3/t21?,22-,23+,24?,25?,27?,30+,31-,32-,33?/m1/s1. The van der Waals surface area contributed by atoms with E-state index in [4.69, 9.17) is 4.74 Å². The highest BCUT2D eigenvalue weighted by molar-refractivity contribution is 5.94. The van der Waals surface area contributed by atoms with Gasteiger partial charge in [-0.3, -0.25) is 4.79 Å². The maximum Gasteiger partial charge on any atom is 0.337 e. The predicted octanol–water partition coefficient (Wildman–Crippen LogP) is 7.34. The summed E-state index contributed by atoms with van der Waals surface area (Å²) in [7, 11) is 0. The zero-order valence-corrected chi connectivity index (χ0v) is 24.6. The minimum atomic E-state index is -0.608. The Hall–Kier alpha value is -1.16. The van der Waals surface area contributed by atoms with Crippen LogP contribution in [0.5, 0.6) is 0 Å². The Morgan fingerprint density at radius 2 is 1.57 bits per heavy atom. The van der Waals surface area contributed by atoms with Crippen LogP contribution in [-0.2, 0) is 14.3 Å². The minimum absolute atomic E-state index is 0.0383. The number of hydrogen-bond donors (Lipinski definition) is 1. The maximum absolute atomic E-state index is 13.7. The quantitative estimate of drug-likeness (QED) is 0.244. The molecule has 4 nitrogen and oxygen atoms in total. The first kappa shape index (κ1) is 27.4. The van der Waals surface area contributed by atoms with Crippen molar-refractivity contribution in [3.05, 3.63) is 12.7 Å². The molecule has 0 spiro atoms. The molecule has 1 N–H and O–H groups in total. The van der Waals surface area contributed by atoms with E-state index >= 15 is 0 Å². The number of rotatable bonds is 3. The van der Waals surface area contributed by atoms with Crippen LogP contribution in [0.25, 0.3) is 0 Å². The molecule has 37 heavy (non-hydrogen) atoms. The second-order valence-electron chi connectivity index (χ2n) is 15.6. The maximum atomic E-state index is 13.7. The summed E-state index contributed by atoms with van der Waals surface area (Å²) < 4.78 is 5.42. The third-order valence-corrected chi connectivity index (χ3v) is 14.1. The molecule has 0 aromatic carbocycles. The lowest BCUT2D eigenvalue weighted by molar-refractivity contribution is -0.249. The molecule has 0 radical (unpaired) electrons. The van der Waals surface area contributed by atoms with Crippen LogP contribution in [-0.4, -0.2) is 23.1 Å². The van der Waals surface area contributed by atoms with Gasteiger partial charge in [-0.25, -0.2) is 4.79 Å². The van der Waals surface area contributed by atoms with Crippen LogP contribution < -0.4 is 0 Å². The number of esters is 2. The van der Waals surface area contributed by atoms with E-state index in [0.717, 1.165) is 44.6 Å². The van der Waals surface area contributed by atoms with Crippen LogP contribution in [0.15, 0.2) is 12.7 Å². The number of aliphatic hydroxyl groups excluding tert-OH is 1. The van der Waals surface area contributed by atoms with Crippen molar-refractivity contribution in [1.82, 2.24) is 0 Å². The van der Waals surface area contributed by atoms with Crippen molar-refractivity contribution in [2.24, 2.45) is 62.6 Å². The summed E-state index contributed by atoms with van der Waals surface area (Å²) in [6, 6.07) is 0. The summed E-state index contributed by atoms with van der Waals surface area (Å²) in [5.41, 5.74) is 0.0677. The summed E-state index contributed by atoms with van der Waals surface area (Å²) >= 11 is 0. The molecule has 5 unspecified atom stereocenters. The minimum Gasteiger partial charge on any atom is -0.393 e. The number of aliphatic hydroxyl groups is 1. The first-order valence-corrected chi connectivity index (χ1v) is 15.3. The number of carbonyl (C=O) groups is 2. The van der Waals surface area contributed by atoms with E-state index in [0.29, 0.717) is 29.6 Å². The van der Waals surface area contributed by atoms with Crippen molar-refractivity contribution >= 4 is 11.9 Å². The third kappa shape index (κ3) is 3.48. The monoisotopic (exact) mass is 512 g/mol. The molecule has 0 heterocycles. The molecule has 5 aliphatic rings. The zero-order chi connectivity index (χ0) is 27.2. The largest absolute Gasteiger partial charge is 0.393 e. The Morgan fingerprint density at radius 3 is 2.22 bits per heavy atom. The third-order valence-electron chi connectivity index (χ3n) is 14.1. The van der Waals surface area contributed by atoms with E-state index in [1.807, 2.05) is 0 Å². The lowest BCUT2D eigenvalue weighted by atomic mass is 9.32. The van der Waals surface area contributed by atoms with Gasteiger partial charge < -0.3 is 9.84 Å². The van der Waals surface area contributed by atoms with E-state index < -0.39 is 11.4 Å². The smallest absolute Gasteiger partial charge is 0.337 e. The highest BCUT2D eigenvalue weighted by Crippen LogP contribution is 2.77. The second kappa shape index (κ2) is 8.67. The van der Waals surface area contributed by atoms with Gasteiger partial charge in [0.05, 0.1) is 11.5 Å². The zero-order valence-electron chi connectivity index (χ0n) is 24.6. The molecule has 0 saturated heterocycles. The lowest BCUT2D eigenvalue weighted by Gasteiger charge is -2.72. The summed E-state index contributed by atoms with van der Waals surface area (Å²) in [4.78, 5) is 25.8. The van der Waals surface area contributed by atoms with Crippen LogP contribution in [0.1, 0.15) is 113 Å². The summed E-state index contributed by atoms with van der Waals surface area (Å²) in [5.74, 6) is 2.08. The van der Waals surface area contributed by atoms with Gasteiger partial charge in [0.25, 0.3) is 0 Å². The fourth-order valence-electron chi connectivity index (χ4n) is 12.0. The van der Waals surface area contributed by atoms with Gasteiger partial charge in [0.1, 0.15) is 0 Å². The molecule has 5 rings (SSSR count). The Morgan fingerprint density at radius 1 is 0.865 bits per heavy atom. The second-order valence-corrected chi connectivity index (χ2v) is 15.6. The van der Waals surface area contributed by atoms with Crippen LogP contribution in [0, 0.1) is 62.6 Å². The molecule has 0 aromatic heterocycles. The molecule has 0 bridgehead atoms. The number of fused-ring (bicyclic) bond motifs is 7. The van der Waals surface area contributed by atoms with Crippen molar-refractivity contribution in [2.75, 3.05) is 0 Å². The SMILES string of the molecule is C=CC(=O)OC(=O)C12CCC(C(C)C)C1[C@H]1CCC3[C@@]4(C)CCC(O)C(C)(C)[C@@H]4CC[C@@]3(C)[C@]1(C)CC2. The number of hydrogen-bond acceptors (Lipinski definition) is 4. The molecule has 10 atom stereocenters. The Labute approximate surface area is 225 Å². The first-order valence-electron chi connectivity index (χ1n) is 15.3. The van der Waals surface area contributed by atoms with E-state index in [1.54, 1.807) is 0 Å². The fourth-order valence-corrected chi connectivity index (χ4v) is 12.0. The number of ether oxygens (including phenoxy) is 1. The Kier molecular flexibility index (Phi) is 6.42. The molecular weight excluding hydrogens is 460 g/mol. The van der Waals surface area contributed by atoms with Crippen molar-refractivity contribution in [3.8, 4) is 0 Å². The van der Waals surface area contributed by atoms with Gasteiger partial charge in [0, 0.05) is 6.08 Å². The normalized spacial score (nSPS) is 50.3. The number of carbonyl (C=O) groups excluding carboxylic acids is 2. The Bertz CT molecular complexity index is 967. The molecule has 0 amide bonds. The van der Waals surface area contributed by atoms with Gasteiger partial charge in [0.15, 0.2) is 0 Å². The summed E-state index contributed by atoms with van der Waals surface area (Å²) in [6.45, 7) is 20.5. The van der Waals surface area contributed by atoms with Gasteiger partial charge in [-0.2, -0.15) is 0 Å². The van der Waals surface area contributed by atoms with Crippen LogP contribution >= 0.6 is 0 Å². The summed E-state index contributed by atoms with van der Waals surface area (Å²) in [5, 5.41) is 11.0.